The minimum absolute atomic E-state index is 0.105. The molecule has 0 spiro atoms. The molecule has 2 aromatic carbocycles. The number of ether oxygens (including phenoxy) is 1. The summed E-state index contributed by atoms with van der Waals surface area (Å²) in [6.45, 7) is 4.22. The van der Waals surface area contributed by atoms with Gasteiger partial charge in [-0.05, 0) is 68.0 Å². The zero-order chi connectivity index (χ0) is 19.0. The van der Waals surface area contributed by atoms with E-state index in [1.807, 2.05) is 18.3 Å². The number of carbonyl (C=O) groups is 1. The van der Waals surface area contributed by atoms with Gasteiger partial charge in [-0.15, -0.1) is 0 Å². The number of rotatable bonds is 4. The fourth-order valence-electron chi connectivity index (χ4n) is 4.36. The largest absolute Gasteiger partial charge is 0.489 e. The first-order chi connectivity index (χ1) is 13.0. The molecule has 1 aliphatic carbocycles. The van der Waals surface area contributed by atoms with Crippen LogP contribution < -0.4 is 4.74 Å². The number of aromatic nitrogens is 1. The van der Waals surface area contributed by atoms with Crippen molar-refractivity contribution in [2.75, 3.05) is 0 Å². The van der Waals surface area contributed by atoms with Gasteiger partial charge in [0.15, 0.2) is 0 Å². The van der Waals surface area contributed by atoms with Crippen molar-refractivity contribution in [3.05, 3.63) is 64.8 Å². The van der Waals surface area contributed by atoms with E-state index in [-0.39, 0.29) is 12.0 Å². The molecule has 0 unspecified atom stereocenters. The number of aromatic amines is 1. The molecule has 4 heteroatoms. The van der Waals surface area contributed by atoms with Gasteiger partial charge >= 0.3 is 5.97 Å². The van der Waals surface area contributed by atoms with Crippen molar-refractivity contribution in [3.8, 4) is 5.75 Å². The molecule has 1 aromatic heterocycles. The Morgan fingerprint density at radius 2 is 1.81 bits per heavy atom. The SMILES string of the molecule is Cc1cc(C)c2[nH]ccc2c1O[C@@H]1CCCC[C@H]1c1ccc(C(=O)O)cc1. The van der Waals surface area contributed by atoms with E-state index in [9.17, 15) is 4.79 Å². The van der Waals surface area contributed by atoms with Crippen molar-refractivity contribution in [3.63, 3.8) is 0 Å². The Kier molecular flexibility index (Phi) is 4.65. The first-order valence-electron chi connectivity index (χ1n) is 9.62. The minimum atomic E-state index is -0.886. The number of aromatic carboxylic acids is 1. The second kappa shape index (κ2) is 7.10. The van der Waals surface area contributed by atoms with Crippen LogP contribution in [-0.4, -0.2) is 22.2 Å². The third-order valence-corrected chi connectivity index (χ3v) is 5.73. The van der Waals surface area contributed by atoms with Crippen LogP contribution in [-0.2, 0) is 0 Å². The molecule has 4 nitrogen and oxygen atoms in total. The van der Waals surface area contributed by atoms with Gasteiger partial charge in [0.25, 0.3) is 0 Å². The van der Waals surface area contributed by atoms with E-state index < -0.39 is 5.97 Å². The highest BCUT2D eigenvalue weighted by molar-refractivity contribution is 5.90. The number of carboxylic acid groups (broad SMARTS) is 1. The molecule has 0 radical (unpaired) electrons. The first kappa shape index (κ1) is 17.7. The van der Waals surface area contributed by atoms with Crippen LogP contribution in [0.15, 0.2) is 42.6 Å². The first-order valence-corrected chi connectivity index (χ1v) is 9.62. The normalized spacial score (nSPS) is 19.9. The molecule has 1 heterocycles. The van der Waals surface area contributed by atoms with E-state index in [2.05, 4.69) is 31.0 Å². The fourth-order valence-corrected chi connectivity index (χ4v) is 4.36. The second-order valence-corrected chi connectivity index (χ2v) is 7.58. The van der Waals surface area contributed by atoms with Gasteiger partial charge in [-0.3, -0.25) is 0 Å². The van der Waals surface area contributed by atoms with Crippen LogP contribution in [0.3, 0.4) is 0 Å². The van der Waals surface area contributed by atoms with Crippen molar-refractivity contribution in [1.29, 1.82) is 0 Å². The van der Waals surface area contributed by atoms with E-state index in [0.29, 0.717) is 5.56 Å². The van der Waals surface area contributed by atoms with Gasteiger partial charge in [-0.25, -0.2) is 4.79 Å². The van der Waals surface area contributed by atoms with Crippen LogP contribution >= 0.6 is 0 Å². The number of hydrogen-bond acceptors (Lipinski definition) is 2. The van der Waals surface area contributed by atoms with Crippen LogP contribution in [0.4, 0.5) is 0 Å². The number of H-pyrrole nitrogens is 1. The summed E-state index contributed by atoms with van der Waals surface area (Å²) in [5, 5.41) is 10.3. The Morgan fingerprint density at radius 1 is 1.07 bits per heavy atom. The van der Waals surface area contributed by atoms with Crippen molar-refractivity contribution >= 4 is 16.9 Å². The Bertz CT molecular complexity index is 971. The molecular weight excluding hydrogens is 338 g/mol. The summed E-state index contributed by atoms with van der Waals surface area (Å²) < 4.78 is 6.62. The van der Waals surface area contributed by atoms with Crippen molar-refractivity contribution < 1.29 is 14.6 Å². The molecule has 1 saturated carbocycles. The van der Waals surface area contributed by atoms with Gasteiger partial charge in [-0.2, -0.15) is 0 Å². The summed E-state index contributed by atoms with van der Waals surface area (Å²) >= 11 is 0. The van der Waals surface area contributed by atoms with E-state index in [4.69, 9.17) is 9.84 Å². The Labute approximate surface area is 159 Å². The zero-order valence-electron chi connectivity index (χ0n) is 15.8. The minimum Gasteiger partial charge on any atom is -0.489 e. The van der Waals surface area contributed by atoms with Crippen molar-refractivity contribution in [2.45, 2.75) is 51.6 Å². The highest BCUT2D eigenvalue weighted by Gasteiger charge is 2.29. The predicted octanol–water partition coefficient (Wildman–Crippen LogP) is 5.59. The molecule has 3 aromatic rings. The van der Waals surface area contributed by atoms with Gasteiger partial charge in [-0.1, -0.05) is 24.6 Å². The molecule has 2 N–H and O–H groups in total. The monoisotopic (exact) mass is 363 g/mol. The lowest BCUT2D eigenvalue weighted by atomic mass is 9.81. The van der Waals surface area contributed by atoms with Gasteiger partial charge in [0.2, 0.25) is 0 Å². The standard InChI is InChI=1S/C23H25NO3/c1-14-13-15(2)22(19-11-12-24-21(14)19)27-20-6-4-3-5-18(20)16-7-9-17(10-8-16)23(25)26/h7-13,18,20,24H,3-6H2,1-2H3,(H,25,26)/t18-,20+/m0/s1. The molecule has 1 aliphatic rings. The van der Waals surface area contributed by atoms with Crippen LogP contribution in [0.25, 0.3) is 10.9 Å². The third kappa shape index (κ3) is 3.32. The molecule has 0 aliphatic heterocycles. The van der Waals surface area contributed by atoms with Crippen molar-refractivity contribution in [2.24, 2.45) is 0 Å². The maximum Gasteiger partial charge on any atom is 0.335 e. The van der Waals surface area contributed by atoms with Gasteiger partial charge < -0.3 is 14.8 Å². The summed E-state index contributed by atoms with van der Waals surface area (Å²) in [4.78, 5) is 14.4. The molecular formula is C23H25NO3. The number of hydrogen-bond donors (Lipinski definition) is 2. The summed E-state index contributed by atoms with van der Waals surface area (Å²) in [5.74, 6) is 0.371. The van der Waals surface area contributed by atoms with E-state index in [1.54, 1.807) is 12.1 Å². The lowest BCUT2D eigenvalue weighted by Crippen LogP contribution is -2.29. The Balaban J connectivity index is 1.66. The van der Waals surface area contributed by atoms with Crippen LogP contribution in [0.2, 0.25) is 0 Å². The van der Waals surface area contributed by atoms with Crippen LogP contribution in [0.1, 0.15) is 58.6 Å². The van der Waals surface area contributed by atoms with Gasteiger partial charge in [0.1, 0.15) is 11.9 Å². The average molecular weight is 363 g/mol. The quantitative estimate of drug-likeness (QED) is 0.635. The fraction of sp³-hybridized carbons (Fsp3) is 0.348. The zero-order valence-corrected chi connectivity index (χ0v) is 15.8. The maximum atomic E-state index is 11.1. The Hall–Kier alpha value is -2.75. The second-order valence-electron chi connectivity index (χ2n) is 7.58. The number of benzene rings is 2. The smallest absolute Gasteiger partial charge is 0.335 e. The predicted molar refractivity (Wildman–Crippen MR) is 107 cm³/mol. The van der Waals surface area contributed by atoms with Crippen LogP contribution in [0.5, 0.6) is 5.75 Å². The number of carboxylic acids is 1. The molecule has 4 rings (SSSR count). The topological polar surface area (TPSA) is 62.3 Å². The summed E-state index contributed by atoms with van der Waals surface area (Å²) in [6.07, 6.45) is 6.50. The molecule has 0 bridgehead atoms. The number of aryl methyl sites for hydroxylation is 2. The Morgan fingerprint density at radius 3 is 2.56 bits per heavy atom. The van der Waals surface area contributed by atoms with Crippen molar-refractivity contribution in [1.82, 2.24) is 4.98 Å². The molecule has 0 amide bonds. The molecule has 27 heavy (non-hydrogen) atoms. The highest BCUT2D eigenvalue weighted by atomic mass is 16.5. The molecule has 1 fully saturated rings. The maximum absolute atomic E-state index is 11.1. The van der Waals surface area contributed by atoms with E-state index in [0.717, 1.165) is 41.5 Å². The molecule has 0 saturated heterocycles. The summed E-state index contributed by atoms with van der Waals surface area (Å²) in [6, 6.07) is 11.6. The summed E-state index contributed by atoms with van der Waals surface area (Å²) in [5.41, 5.74) is 5.01. The van der Waals surface area contributed by atoms with Gasteiger partial charge in [0.05, 0.1) is 11.1 Å². The lowest BCUT2D eigenvalue weighted by Gasteiger charge is -2.33. The van der Waals surface area contributed by atoms with E-state index in [1.165, 1.54) is 17.5 Å². The van der Waals surface area contributed by atoms with Gasteiger partial charge in [0, 0.05) is 17.5 Å². The third-order valence-electron chi connectivity index (χ3n) is 5.73. The highest BCUT2D eigenvalue weighted by Crippen LogP contribution is 2.39. The molecule has 140 valence electrons. The summed E-state index contributed by atoms with van der Waals surface area (Å²) in [7, 11) is 0. The van der Waals surface area contributed by atoms with E-state index >= 15 is 0 Å². The molecule has 2 atom stereocenters. The number of fused-ring (bicyclic) bond motifs is 1. The number of nitrogens with one attached hydrogen (secondary N) is 1. The van der Waals surface area contributed by atoms with Crippen LogP contribution in [0, 0.1) is 13.8 Å². The lowest BCUT2D eigenvalue weighted by molar-refractivity contribution is 0.0697. The average Bonchev–Trinajstić information content (AvgIpc) is 3.16.